The van der Waals surface area contributed by atoms with E-state index in [0.29, 0.717) is 52.4 Å². The highest BCUT2D eigenvalue weighted by molar-refractivity contribution is 4.75. The summed E-state index contributed by atoms with van der Waals surface area (Å²) in [5.41, 5.74) is 0. The molecule has 0 bridgehead atoms. The Morgan fingerprint density at radius 2 is 1.14 bits per heavy atom. The first-order valence-electron chi connectivity index (χ1n) is 7.33. The van der Waals surface area contributed by atoms with Crippen molar-refractivity contribution in [2.75, 3.05) is 65.6 Å². The number of hydrogen-bond donors (Lipinski definition) is 5. The van der Waals surface area contributed by atoms with Crippen molar-refractivity contribution in [1.82, 2.24) is 14.7 Å². The SMILES string of the molecule is O[CH]N1CCN(CC(O)CO)CCN(CC(O)CO)CC1. The highest BCUT2D eigenvalue weighted by Gasteiger charge is 2.19. The van der Waals surface area contributed by atoms with E-state index in [1.54, 1.807) is 4.90 Å². The molecule has 0 aromatic heterocycles. The minimum Gasteiger partial charge on any atom is -0.394 e. The lowest BCUT2D eigenvalue weighted by atomic mass is 10.3. The van der Waals surface area contributed by atoms with Crippen LogP contribution in [0.25, 0.3) is 0 Å². The van der Waals surface area contributed by atoms with Crippen molar-refractivity contribution in [3.8, 4) is 0 Å². The summed E-state index contributed by atoms with van der Waals surface area (Å²) < 4.78 is 0. The molecule has 0 saturated carbocycles. The van der Waals surface area contributed by atoms with Gasteiger partial charge in [-0.1, -0.05) is 0 Å². The molecule has 125 valence electrons. The van der Waals surface area contributed by atoms with Crippen molar-refractivity contribution in [2.24, 2.45) is 0 Å². The molecular formula is C13H28N3O5. The van der Waals surface area contributed by atoms with E-state index >= 15 is 0 Å². The molecule has 2 unspecified atom stereocenters. The van der Waals surface area contributed by atoms with Gasteiger partial charge in [0.2, 0.25) is 0 Å². The molecule has 1 heterocycles. The first kappa shape index (κ1) is 18.7. The summed E-state index contributed by atoms with van der Waals surface area (Å²) in [6, 6.07) is 0. The largest absolute Gasteiger partial charge is 0.394 e. The minimum absolute atomic E-state index is 0.278. The molecule has 0 aromatic carbocycles. The van der Waals surface area contributed by atoms with Crippen molar-refractivity contribution < 1.29 is 25.5 Å². The molecule has 0 spiro atoms. The van der Waals surface area contributed by atoms with Crippen LogP contribution in [-0.2, 0) is 0 Å². The summed E-state index contributed by atoms with van der Waals surface area (Å²) in [5.74, 6) is 0. The van der Waals surface area contributed by atoms with Crippen LogP contribution in [0, 0.1) is 6.73 Å². The van der Waals surface area contributed by atoms with Gasteiger partial charge in [0.15, 0.2) is 0 Å². The van der Waals surface area contributed by atoms with Crippen molar-refractivity contribution in [3.63, 3.8) is 0 Å². The molecule has 1 rings (SSSR count). The summed E-state index contributed by atoms with van der Waals surface area (Å²) in [6.45, 7) is 5.21. The third-order valence-electron chi connectivity index (χ3n) is 3.66. The van der Waals surface area contributed by atoms with E-state index in [2.05, 4.69) is 0 Å². The van der Waals surface area contributed by atoms with Crippen LogP contribution >= 0.6 is 0 Å². The van der Waals surface area contributed by atoms with Gasteiger partial charge >= 0.3 is 0 Å². The number of nitrogens with zero attached hydrogens (tertiary/aromatic N) is 3. The minimum atomic E-state index is -0.784. The predicted molar refractivity (Wildman–Crippen MR) is 76.9 cm³/mol. The maximum atomic E-state index is 9.57. The van der Waals surface area contributed by atoms with Crippen LogP contribution < -0.4 is 0 Å². The van der Waals surface area contributed by atoms with E-state index in [1.165, 1.54) is 0 Å². The Hall–Kier alpha value is -0.320. The van der Waals surface area contributed by atoms with Crippen LogP contribution in [0.2, 0.25) is 0 Å². The molecule has 1 radical (unpaired) electrons. The van der Waals surface area contributed by atoms with Crippen molar-refractivity contribution in [2.45, 2.75) is 12.2 Å². The molecule has 2 atom stereocenters. The third kappa shape index (κ3) is 7.48. The second kappa shape index (κ2) is 10.4. The standard InChI is InChI=1S/C13H28N3O5/c17-9-12(20)7-14-1-2-15(8-13(21)10-18)4-6-16(11-19)5-3-14/h11-13,17-21H,1-10H2. The van der Waals surface area contributed by atoms with Crippen molar-refractivity contribution in [1.29, 1.82) is 0 Å². The van der Waals surface area contributed by atoms with Crippen LogP contribution in [-0.4, -0.2) is 118 Å². The Bertz CT molecular complexity index is 248. The van der Waals surface area contributed by atoms with Crippen molar-refractivity contribution in [3.05, 3.63) is 6.73 Å². The van der Waals surface area contributed by atoms with Gasteiger partial charge in [-0.05, 0) is 0 Å². The van der Waals surface area contributed by atoms with E-state index < -0.39 is 12.2 Å². The molecule has 8 heteroatoms. The van der Waals surface area contributed by atoms with Crippen LogP contribution in [0.1, 0.15) is 0 Å². The lowest BCUT2D eigenvalue weighted by Gasteiger charge is -2.27. The van der Waals surface area contributed by atoms with E-state index in [9.17, 15) is 15.3 Å². The fourth-order valence-electron chi connectivity index (χ4n) is 2.35. The van der Waals surface area contributed by atoms with Gasteiger partial charge in [-0.25, -0.2) is 0 Å². The maximum Gasteiger partial charge on any atom is 0.147 e. The van der Waals surface area contributed by atoms with E-state index in [0.717, 1.165) is 6.73 Å². The zero-order valence-electron chi connectivity index (χ0n) is 12.4. The van der Waals surface area contributed by atoms with Gasteiger partial charge < -0.3 is 25.5 Å². The van der Waals surface area contributed by atoms with Gasteiger partial charge in [0.25, 0.3) is 0 Å². The average Bonchev–Trinajstić information content (AvgIpc) is 2.59. The normalized spacial score (nSPS) is 23.3. The Balaban J connectivity index is 2.58. The Morgan fingerprint density at radius 1 is 0.762 bits per heavy atom. The summed E-state index contributed by atoms with van der Waals surface area (Å²) in [6.07, 6.45) is -1.57. The molecule has 0 amide bonds. The molecule has 21 heavy (non-hydrogen) atoms. The second-order valence-corrected chi connectivity index (χ2v) is 5.43. The Kier molecular flexibility index (Phi) is 9.29. The molecule has 1 saturated heterocycles. The number of aliphatic hydroxyl groups is 5. The molecule has 0 aromatic rings. The van der Waals surface area contributed by atoms with E-state index in [4.69, 9.17) is 10.2 Å². The monoisotopic (exact) mass is 306 g/mol. The molecule has 0 aliphatic carbocycles. The number of β-amino-alcohol motifs (C(OH)–C–C–N with tert-alkyl or cyclic N) is 2. The average molecular weight is 306 g/mol. The number of hydrogen-bond acceptors (Lipinski definition) is 8. The molecule has 5 N–H and O–H groups in total. The molecule has 1 aliphatic rings. The fourth-order valence-corrected chi connectivity index (χ4v) is 2.35. The Morgan fingerprint density at radius 3 is 1.48 bits per heavy atom. The van der Waals surface area contributed by atoms with Gasteiger partial charge in [-0.15, -0.1) is 0 Å². The summed E-state index contributed by atoms with van der Waals surface area (Å²) in [4.78, 5) is 5.80. The second-order valence-electron chi connectivity index (χ2n) is 5.43. The quantitative estimate of drug-likeness (QED) is 0.341. The first-order chi connectivity index (χ1) is 10.1. The smallest absolute Gasteiger partial charge is 0.147 e. The Labute approximate surface area is 125 Å². The number of rotatable bonds is 7. The van der Waals surface area contributed by atoms with Crippen molar-refractivity contribution >= 4 is 0 Å². The van der Waals surface area contributed by atoms with Gasteiger partial charge in [0, 0.05) is 52.4 Å². The third-order valence-corrected chi connectivity index (χ3v) is 3.66. The topological polar surface area (TPSA) is 111 Å². The highest BCUT2D eigenvalue weighted by Crippen LogP contribution is 2.03. The summed E-state index contributed by atoms with van der Waals surface area (Å²) in [5, 5.41) is 46.2. The zero-order chi connectivity index (χ0) is 15.7. The molecule has 8 nitrogen and oxygen atoms in total. The molecular weight excluding hydrogens is 278 g/mol. The molecule has 1 aliphatic heterocycles. The van der Waals surface area contributed by atoms with Crippen LogP contribution in [0.15, 0.2) is 0 Å². The summed E-state index contributed by atoms with van der Waals surface area (Å²) in [7, 11) is 0. The van der Waals surface area contributed by atoms with Gasteiger partial charge in [0.05, 0.1) is 25.4 Å². The van der Waals surface area contributed by atoms with E-state index in [1.807, 2.05) is 9.80 Å². The van der Waals surface area contributed by atoms with Crippen LogP contribution in [0.5, 0.6) is 0 Å². The first-order valence-corrected chi connectivity index (χ1v) is 7.33. The maximum absolute atomic E-state index is 9.57. The van der Waals surface area contributed by atoms with Crippen LogP contribution in [0.4, 0.5) is 0 Å². The fraction of sp³-hybridized carbons (Fsp3) is 0.923. The van der Waals surface area contributed by atoms with Crippen LogP contribution in [0.3, 0.4) is 0 Å². The van der Waals surface area contributed by atoms with Gasteiger partial charge in [-0.3, -0.25) is 14.7 Å². The predicted octanol–water partition coefficient (Wildman–Crippen LogP) is -2.90. The lowest BCUT2D eigenvalue weighted by Crippen LogP contribution is -2.43. The van der Waals surface area contributed by atoms with E-state index in [-0.39, 0.29) is 13.2 Å². The number of aliphatic hydroxyl groups excluding tert-OH is 5. The summed E-state index contributed by atoms with van der Waals surface area (Å²) >= 11 is 0. The highest BCUT2D eigenvalue weighted by atomic mass is 16.3. The van der Waals surface area contributed by atoms with Gasteiger partial charge in [0.1, 0.15) is 6.73 Å². The molecule has 1 fully saturated rings. The zero-order valence-corrected chi connectivity index (χ0v) is 12.4. The lowest BCUT2D eigenvalue weighted by molar-refractivity contribution is 0.0456. The van der Waals surface area contributed by atoms with Gasteiger partial charge in [-0.2, -0.15) is 0 Å².